The van der Waals surface area contributed by atoms with Crippen LogP contribution in [0, 0.1) is 0 Å². The number of methoxy groups -OCH3 is 2. The minimum absolute atomic E-state index is 0.0349. The molecule has 0 saturated carbocycles. The molecule has 2 aromatic rings. The van der Waals surface area contributed by atoms with E-state index < -0.39 is 10.0 Å². The van der Waals surface area contributed by atoms with Gasteiger partial charge in [-0.3, -0.25) is 4.79 Å². The Balaban J connectivity index is 1.41. The fraction of sp³-hybridized carbons (Fsp3) is 0.458. The summed E-state index contributed by atoms with van der Waals surface area (Å²) in [6.45, 7) is 2.65. The first-order valence-corrected chi connectivity index (χ1v) is 12.7. The molecule has 8 nitrogen and oxygen atoms in total. The van der Waals surface area contributed by atoms with Gasteiger partial charge in [0, 0.05) is 43.5 Å². The molecule has 0 aromatic heterocycles. The molecule has 2 aromatic carbocycles. The van der Waals surface area contributed by atoms with Crippen molar-refractivity contribution in [3.63, 3.8) is 0 Å². The summed E-state index contributed by atoms with van der Waals surface area (Å²) in [4.78, 5) is 15.3. The number of hydrogen-bond donors (Lipinski definition) is 1. The van der Waals surface area contributed by atoms with Gasteiger partial charge >= 0.3 is 0 Å². The number of ether oxygens (including phenoxy) is 2. The van der Waals surface area contributed by atoms with Crippen LogP contribution in [0.2, 0.25) is 0 Å². The topological polar surface area (TPSA) is 88.2 Å². The molecule has 9 heteroatoms. The van der Waals surface area contributed by atoms with Gasteiger partial charge in [-0.15, -0.1) is 0 Å². The van der Waals surface area contributed by atoms with Crippen molar-refractivity contribution in [3.05, 3.63) is 48.0 Å². The first-order valence-electron chi connectivity index (χ1n) is 11.3. The lowest BCUT2D eigenvalue weighted by molar-refractivity contribution is 0.0931. The third-order valence-corrected chi connectivity index (χ3v) is 8.30. The van der Waals surface area contributed by atoms with Crippen LogP contribution < -0.4 is 19.7 Å². The summed E-state index contributed by atoms with van der Waals surface area (Å²) in [5, 5.41) is 3.08. The molecule has 0 radical (unpaired) electrons. The molecule has 1 N–H and O–H groups in total. The molecule has 2 aliphatic heterocycles. The fourth-order valence-electron chi connectivity index (χ4n) is 4.43. The van der Waals surface area contributed by atoms with Gasteiger partial charge in [-0.2, -0.15) is 4.31 Å². The second kappa shape index (κ2) is 10.0. The molecule has 0 aliphatic carbocycles. The number of benzene rings is 2. The van der Waals surface area contributed by atoms with Gasteiger partial charge in [-0.25, -0.2) is 8.42 Å². The fourth-order valence-corrected chi connectivity index (χ4v) is 6.13. The Kier molecular flexibility index (Phi) is 7.09. The molecular formula is C24H31N3O5S. The van der Waals surface area contributed by atoms with Gasteiger partial charge in [0.1, 0.15) is 16.4 Å². The lowest BCUT2D eigenvalue weighted by atomic mass is 10.0. The lowest BCUT2D eigenvalue weighted by Gasteiger charge is -2.34. The number of carbonyl (C=O) groups is 1. The van der Waals surface area contributed by atoms with Gasteiger partial charge in [-0.05, 0) is 68.1 Å². The zero-order chi connectivity index (χ0) is 23.4. The molecule has 2 heterocycles. The smallest absolute Gasteiger partial charge is 0.251 e. The first kappa shape index (κ1) is 23.4. The maximum atomic E-state index is 13.1. The molecule has 4 rings (SSSR count). The number of amides is 1. The number of rotatable bonds is 7. The van der Waals surface area contributed by atoms with Gasteiger partial charge in [0.25, 0.3) is 5.91 Å². The average Bonchev–Trinajstić information content (AvgIpc) is 3.40. The predicted octanol–water partition coefficient (Wildman–Crippen LogP) is 2.89. The van der Waals surface area contributed by atoms with E-state index in [2.05, 4.69) is 10.2 Å². The molecule has 2 fully saturated rings. The zero-order valence-corrected chi connectivity index (χ0v) is 19.9. The highest BCUT2D eigenvalue weighted by atomic mass is 32.2. The normalized spacial score (nSPS) is 17.7. The molecule has 0 bridgehead atoms. The molecule has 1 amide bonds. The summed E-state index contributed by atoms with van der Waals surface area (Å²) < 4.78 is 38.2. The van der Waals surface area contributed by atoms with Gasteiger partial charge < -0.3 is 19.7 Å². The van der Waals surface area contributed by atoms with Crippen molar-refractivity contribution < 1.29 is 22.7 Å². The van der Waals surface area contributed by atoms with E-state index in [0.717, 1.165) is 50.2 Å². The van der Waals surface area contributed by atoms with Crippen molar-refractivity contribution in [2.24, 2.45) is 0 Å². The van der Waals surface area contributed by atoms with Crippen molar-refractivity contribution in [3.8, 4) is 11.5 Å². The molecule has 0 atom stereocenters. The maximum absolute atomic E-state index is 13.1. The largest absolute Gasteiger partial charge is 0.497 e. The van der Waals surface area contributed by atoms with Crippen molar-refractivity contribution >= 4 is 21.6 Å². The van der Waals surface area contributed by atoms with Crippen LogP contribution in [0.25, 0.3) is 0 Å². The third-order valence-electron chi connectivity index (χ3n) is 6.38. The van der Waals surface area contributed by atoms with Crippen LogP contribution in [0.5, 0.6) is 11.5 Å². The number of sulfonamides is 1. The van der Waals surface area contributed by atoms with E-state index in [1.807, 2.05) is 24.3 Å². The van der Waals surface area contributed by atoms with E-state index in [1.54, 1.807) is 19.2 Å². The molecule has 2 saturated heterocycles. The summed E-state index contributed by atoms with van der Waals surface area (Å²) >= 11 is 0. The highest BCUT2D eigenvalue weighted by molar-refractivity contribution is 7.89. The van der Waals surface area contributed by atoms with Crippen molar-refractivity contribution in [2.45, 2.75) is 36.6 Å². The highest BCUT2D eigenvalue weighted by Crippen LogP contribution is 2.30. The third kappa shape index (κ3) is 5.09. The maximum Gasteiger partial charge on any atom is 0.251 e. The van der Waals surface area contributed by atoms with Crippen molar-refractivity contribution in [1.29, 1.82) is 0 Å². The summed E-state index contributed by atoms with van der Waals surface area (Å²) in [5.74, 6) is 0.816. The second-order valence-electron chi connectivity index (χ2n) is 8.41. The monoisotopic (exact) mass is 473 g/mol. The van der Waals surface area contributed by atoms with Crippen molar-refractivity contribution in [1.82, 2.24) is 9.62 Å². The SMILES string of the molecule is COc1ccc(N2CCC(NC(=O)c3ccc(OC)c(S(=O)(=O)N4CCCC4)c3)CC2)cc1. The van der Waals surface area contributed by atoms with E-state index in [-0.39, 0.29) is 22.6 Å². The Morgan fingerprint density at radius 2 is 1.61 bits per heavy atom. The summed E-state index contributed by atoms with van der Waals surface area (Å²) in [6, 6.07) is 12.6. The lowest BCUT2D eigenvalue weighted by Crippen LogP contribution is -2.44. The van der Waals surface area contributed by atoms with Gasteiger partial charge in [0.2, 0.25) is 10.0 Å². The van der Waals surface area contributed by atoms with Crippen LogP contribution in [0.4, 0.5) is 5.69 Å². The van der Waals surface area contributed by atoms with Gasteiger partial charge in [-0.1, -0.05) is 0 Å². The van der Waals surface area contributed by atoms with Crippen LogP contribution in [0.3, 0.4) is 0 Å². The summed E-state index contributed by atoms with van der Waals surface area (Å²) in [5.41, 5.74) is 1.46. The second-order valence-corrected chi connectivity index (χ2v) is 10.3. The highest BCUT2D eigenvalue weighted by Gasteiger charge is 2.31. The van der Waals surface area contributed by atoms with Gasteiger partial charge in [0.05, 0.1) is 14.2 Å². The Hall–Kier alpha value is -2.78. The standard InChI is InChI=1S/C24H31N3O5S/c1-31-21-8-6-20(7-9-21)26-15-11-19(12-16-26)25-24(28)18-5-10-22(32-2)23(17-18)33(29,30)27-13-3-4-14-27/h5-10,17,19H,3-4,11-16H2,1-2H3,(H,25,28). The molecule has 178 valence electrons. The Labute approximate surface area is 195 Å². The molecule has 33 heavy (non-hydrogen) atoms. The zero-order valence-electron chi connectivity index (χ0n) is 19.1. The van der Waals surface area contributed by atoms with Crippen LogP contribution >= 0.6 is 0 Å². The number of hydrogen-bond acceptors (Lipinski definition) is 6. The van der Waals surface area contributed by atoms with Crippen LogP contribution in [-0.2, 0) is 10.0 Å². The number of anilines is 1. The summed E-state index contributed by atoms with van der Waals surface area (Å²) in [6.07, 6.45) is 3.31. The molecule has 0 unspecified atom stereocenters. The van der Waals surface area contributed by atoms with Crippen LogP contribution in [-0.4, -0.2) is 65.1 Å². The minimum atomic E-state index is -3.70. The number of nitrogens with one attached hydrogen (secondary N) is 1. The van der Waals surface area contributed by atoms with E-state index >= 15 is 0 Å². The Bertz CT molecular complexity index is 1070. The van der Waals surface area contributed by atoms with E-state index in [9.17, 15) is 13.2 Å². The van der Waals surface area contributed by atoms with Crippen molar-refractivity contribution in [2.75, 3.05) is 45.3 Å². The van der Waals surface area contributed by atoms with Gasteiger partial charge in [0.15, 0.2) is 0 Å². The number of nitrogens with zero attached hydrogens (tertiary/aromatic N) is 2. The minimum Gasteiger partial charge on any atom is -0.497 e. The van der Waals surface area contributed by atoms with E-state index in [1.165, 1.54) is 17.5 Å². The van der Waals surface area contributed by atoms with Crippen LogP contribution in [0.1, 0.15) is 36.0 Å². The average molecular weight is 474 g/mol. The Morgan fingerprint density at radius 1 is 0.939 bits per heavy atom. The summed E-state index contributed by atoms with van der Waals surface area (Å²) in [7, 11) is -0.612. The molecule has 0 spiro atoms. The number of carbonyl (C=O) groups excluding carboxylic acids is 1. The van der Waals surface area contributed by atoms with Crippen LogP contribution in [0.15, 0.2) is 47.4 Å². The van der Waals surface area contributed by atoms with E-state index in [4.69, 9.17) is 9.47 Å². The quantitative estimate of drug-likeness (QED) is 0.665. The van der Waals surface area contributed by atoms with E-state index in [0.29, 0.717) is 18.7 Å². The number of piperidine rings is 1. The first-order chi connectivity index (χ1) is 15.9. The molecule has 2 aliphatic rings. The Morgan fingerprint density at radius 3 is 2.21 bits per heavy atom. The predicted molar refractivity (Wildman–Crippen MR) is 127 cm³/mol. The molecular weight excluding hydrogens is 442 g/mol.